The van der Waals surface area contributed by atoms with Crippen molar-refractivity contribution in [3.05, 3.63) is 36.5 Å². The fourth-order valence-corrected chi connectivity index (χ4v) is 5.26. The predicted octanol–water partition coefficient (Wildman–Crippen LogP) is 12.2. The third-order valence-corrected chi connectivity index (χ3v) is 7.88. The summed E-state index contributed by atoms with van der Waals surface area (Å²) in [6.07, 6.45) is 42.9. The Morgan fingerprint density at radius 3 is 1.57 bits per heavy atom. The second kappa shape index (κ2) is 33.7. The zero-order valence-electron chi connectivity index (χ0n) is 27.8. The van der Waals surface area contributed by atoms with Gasteiger partial charge >= 0.3 is 11.9 Å². The van der Waals surface area contributed by atoms with E-state index in [9.17, 15) is 9.59 Å². The van der Waals surface area contributed by atoms with Crippen LogP contribution in [0.5, 0.6) is 0 Å². The van der Waals surface area contributed by atoms with Crippen LogP contribution in [0.3, 0.4) is 0 Å². The van der Waals surface area contributed by atoms with E-state index < -0.39 is 5.97 Å². The number of hydrogen-bond acceptors (Lipinski definition) is 3. The third-order valence-electron chi connectivity index (χ3n) is 7.88. The molecular formula is C38H68O4. The van der Waals surface area contributed by atoms with E-state index in [0.29, 0.717) is 12.8 Å². The van der Waals surface area contributed by atoms with Crippen molar-refractivity contribution in [1.29, 1.82) is 0 Å². The van der Waals surface area contributed by atoms with Crippen molar-refractivity contribution in [2.75, 3.05) is 0 Å². The van der Waals surface area contributed by atoms with Crippen LogP contribution < -0.4 is 0 Å². The normalized spacial score (nSPS) is 12.6. The third kappa shape index (κ3) is 32.7. The molecule has 0 heterocycles. The average Bonchev–Trinajstić information content (AvgIpc) is 2.97. The summed E-state index contributed by atoms with van der Waals surface area (Å²) in [5.74, 6) is -0.768. The Bertz CT molecular complexity index is 679. The van der Waals surface area contributed by atoms with Crippen molar-refractivity contribution >= 4 is 11.9 Å². The van der Waals surface area contributed by atoms with Gasteiger partial charge < -0.3 is 9.84 Å². The highest BCUT2D eigenvalue weighted by molar-refractivity contribution is 5.69. The number of carboxylic acids is 1. The molecule has 42 heavy (non-hydrogen) atoms. The summed E-state index contributed by atoms with van der Waals surface area (Å²) in [6, 6.07) is 0. The SMILES string of the molecule is CC/C=C\C/C=C\C/C=C\CCCCCCCCCC(=O)OC(CCCCCCCCCCC)CCCCCC(=O)O. The minimum Gasteiger partial charge on any atom is -0.481 e. The Hall–Kier alpha value is -1.84. The Morgan fingerprint density at radius 1 is 0.548 bits per heavy atom. The number of carboxylic acid groups (broad SMARTS) is 1. The first kappa shape index (κ1) is 40.2. The number of aliphatic carboxylic acids is 1. The number of hydrogen-bond donors (Lipinski definition) is 1. The molecule has 244 valence electrons. The van der Waals surface area contributed by atoms with Gasteiger partial charge in [-0.15, -0.1) is 0 Å². The van der Waals surface area contributed by atoms with Crippen LogP contribution in [-0.2, 0) is 14.3 Å². The summed E-state index contributed by atoms with van der Waals surface area (Å²) in [6.45, 7) is 4.42. The Balaban J connectivity index is 3.93. The van der Waals surface area contributed by atoms with Gasteiger partial charge in [-0.2, -0.15) is 0 Å². The molecule has 0 amide bonds. The summed E-state index contributed by atoms with van der Waals surface area (Å²) in [4.78, 5) is 23.3. The maximum Gasteiger partial charge on any atom is 0.306 e. The second-order valence-electron chi connectivity index (χ2n) is 12.0. The van der Waals surface area contributed by atoms with E-state index >= 15 is 0 Å². The monoisotopic (exact) mass is 589 g/mol. The van der Waals surface area contributed by atoms with Crippen molar-refractivity contribution in [3.63, 3.8) is 0 Å². The van der Waals surface area contributed by atoms with Crippen LogP contribution in [0.15, 0.2) is 36.5 Å². The molecule has 0 aliphatic rings. The summed E-state index contributed by atoms with van der Waals surface area (Å²) in [5, 5.41) is 8.86. The molecule has 0 saturated heterocycles. The first-order chi connectivity index (χ1) is 20.6. The van der Waals surface area contributed by atoms with Crippen LogP contribution >= 0.6 is 0 Å². The zero-order chi connectivity index (χ0) is 30.8. The number of esters is 1. The first-order valence-corrected chi connectivity index (χ1v) is 18.0. The molecule has 0 fully saturated rings. The maximum absolute atomic E-state index is 12.5. The fraction of sp³-hybridized carbons (Fsp3) is 0.789. The molecule has 0 rings (SSSR count). The Labute approximate surface area is 260 Å². The molecule has 1 N–H and O–H groups in total. The minimum atomic E-state index is -0.727. The highest BCUT2D eigenvalue weighted by atomic mass is 16.5. The number of rotatable bonds is 32. The van der Waals surface area contributed by atoms with Gasteiger partial charge in [0.15, 0.2) is 0 Å². The van der Waals surface area contributed by atoms with Gasteiger partial charge in [-0.3, -0.25) is 9.59 Å². The zero-order valence-corrected chi connectivity index (χ0v) is 27.8. The first-order valence-electron chi connectivity index (χ1n) is 18.0. The Kier molecular flexibility index (Phi) is 32.2. The minimum absolute atomic E-state index is 0.0000898. The second-order valence-corrected chi connectivity index (χ2v) is 12.0. The van der Waals surface area contributed by atoms with Crippen molar-refractivity contribution in [2.45, 2.75) is 193 Å². The molecule has 4 nitrogen and oxygen atoms in total. The number of ether oxygens (including phenoxy) is 1. The molecule has 0 aromatic rings. The highest BCUT2D eigenvalue weighted by Gasteiger charge is 2.14. The molecule has 0 aliphatic carbocycles. The van der Waals surface area contributed by atoms with Gasteiger partial charge in [-0.05, 0) is 70.6 Å². The lowest BCUT2D eigenvalue weighted by Gasteiger charge is -2.18. The van der Waals surface area contributed by atoms with Crippen molar-refractivity contribution in [1.82, 2.24) is 0 Å². The maximum atomic E-state index is 12.5. The van der Waals surface area contributed by atoms with Gasteiger partial charge in [0, 0.05) is 12.8 Å². The summed E-state index contributed by atoms with van der Waals surface area (Å²) >= 11 is 0. The largest absolute Gasteiger partial charge is 0.481 e. The number of allylic oxidation sites excluding steroid dienone is 6. The van der Waals surface area contributed by atoms with E-state index in [1.54, 1.807) is 0 Å². The van der Waals surface area contributed by atoms with E-state index in [-0.39, 0.29) is 18.5 Å². The van der Waals surface area contributed by atoms with E-state index in [1.165, 1.54) is 89.9 Å². The van der Waals surface area contributed by atoms with Crippen LogP contribution in [0.1, 0.15) is 187 Å². The highest BCUT2D eigenvalue weighted by Crippen LogP contribution is 2.18. The lowest BCUT2D eigenvalue weighted by atomic mass is 10.0. The molecule has 0 bridgehead atoms. The molecule has 4 heteroatoms. The number of unbranched alkanes of at least 4 members (excludes halogenated alkanes) is 17. The standard InChI is InChI=1S/C38H68O4/c1-3-5-7-9-11-13-14-15-16-17-18-19-20-22-24-26-31-35-38(41)42-36(33-29-27-30-34-37(39)40)32-28-25-23-21-12-10-8-6-4-2/h5,7,11,13,15-16,36H,3-4,6,8-10,12,14,17-35H2,1-2H3,(H,39,40)/b7-5-,13-11-,16-15-. The predicted molar refractivity (Wildman–Crippen MR) is 181 cm³/mol. The molecule has 1 atom stereocenters. The molecular weight excluding hydrogens is 520 g/mol. The molecule has 0 aromatic carbocycles. The smallest absolute Gasteiger partial charge is 0.306 e. The summed E-state index contributed by atoms with van der Waals surface area (Å²) < 4.78 is 5.91. The molecule has 0 aromatic heterocycles. The van der Waals surface area contributed by atoms with Crippen LogP contribution in [0.2, 0.25) is 0 Å². The van der Waals surface area contributed by atoms with Gasteiger partial charge in [0.1, 0.15) is 6.10 Å². The van der Waals surface area contributed by atoms with Crippen LogP contribution in [0, 0.1) is 0 Å². The van der Waals surface area contributed by atoms with E-state index in [4.69, 9.17) is 9.84 Å². The molecule has 1 unspecified atom stereocenters. The molecule has 0 aliphatic heterocycles. The van der Waals surface area contributed by atoms with Gasteiger partial charge in [0.2, 0.25) is 0 Å². The van der Waals surface area contributed by atoms with Crippen molar-refractivity contribution in [3.8, 4) is 0 Å². The van der Waals surface area contributed by atoms with Crippen LogP contribution in [0.4, 0.5) is 0 Å². The van der Waals surface area contributed by atoms with Crippen molar-refractivity contribution < 1.29 is 19.4 Å². The van der Waals surface area contributed by atoms with Crippen LogP contribution in [0.25, 0.3) is 0 Å². The lowest BCUT2D eigenvalue weighted by Crippen LogP contribution is -2.18. The fourth-order valence-electron chi connectivity index (χ4n) is 5.26. The van der Waals surface area contributed by atoms with E-state index in [1.807, 2.05) is 0 Å². The van der Waals surface area contributed by atoms with E-state index in [0.717, 1.165) is 64.2 Å². The van der Waals surface area contributed by atoms with Gasteiger partial charge in [-0.25, -0.2) is 0 Å². The summed E-state index contributed by atoms with van der Waals surface area (Å²) in [5.41, 5.74) is 0. The molecule has 0 radical (unpaired) electrons. The van der Waals surface area contributed by atoms with E-state index in [2.05, 4.69) is 50.3 Å². The number of carbonyl (C=O) groups excluding carboxylic acids is 1. The van der Waals surface area contributed by atoms with Crippen molar-refractivity contribution in [2.24, 2.45) is 0 Å². The lowest BCUT2D eigenvalue weighted by molar-refractivity contribution is -0.150. The van der Waals surface area contributed by atoms with Crippen LogP contribution in [-0.4, -0.2) is 23.1 Å². The van der Waals surface area contributed by atoms with Gasteiger partial charge in [0.05, 0.1) is 0 Å². The molecule has 0 saturated carbocycles. The van der Waals surface area contributed by atoms with Gasteiger partial charge in [0.25, 0.3) is 0 Å². The Morgan fingerprint density at radius 2 is 1.00 bits per heavy atom. The number of carbonyl (C=O) groups is 2. The average molecular weight is 589 g/mol. The molecule has 0 spiro atoms. The quantitative estimate of drug-likeness (QED) is 0.0482. The summed E-state index contributed by atoms with van der Waals surface area (Å²) in [7, 11) is 0. The topological polar surface area (TPSA) is 63.6 Å². The van der Waals surface area contributed by atoms with Gasteiger partial charge in [-0.1, -0.05) is 140 Å².